The van der Waals surface area contributed by atoms with Gasteiger partial charge < -0.3 is 9.30 Å². The fourth-order valence-electron chi connectivity index (χ4n) is 4.86. The van der Waals surface area contributed by atoms with Crippen LogP contribution in [0.1, 0.15) is 71.3 Å². The first kappa shape index (κ1) is 23.7. The van der Waals surface area contributed by atoms with Crippen molar-refractivity contribution in [3.05, 3.63) is 87.3 Å². The molecular formula is C28H28N4O4. The number of hydrogen-bond donors (Lipinski definition) is 0. The van der Waals surface area contributed by atoms with Crippen molar-refractivity contribution >= 4 is 28.6 Å². The number of amides is 1. The van der Waals surface area contributed by atoms with Gasteiger partial charge in [0.15, 0.2) is 5.49 Å². The average molecular weight is 485 g/mol. The van der Waals surface area contributed by atoms with E-state index in [0.29, 0.717) is 16.9 Å². The molecule has 0 atom stereocenters. The second-order valence-corrected chi connectivity index (χ2v) is 9.13. The minimum Gasteiger partial charge on any atom is -0.462 e. The van der Waals surface area contributed by atoms with E-state index >= 15 is 0 Å². The molecule has 4 aromatic rings. The van der Waals surface area contributed by atoms with Gasteiger partial charge in [0.1, 0.15) is 16.9 Å². The fraction of sp³-hybridized carbons (Fsp3) is 0.321. The number of hydrogen-bond acceptors (Lipinski definition) is 5. The molecule has 184 valence electrons. The van der Waals surface area contributed by atoms with Crippen molar-refractivity contribution in [2.75, 3.05) is 6.61 Å². The highest BCUT2D eigenvalue weighted by atomic mass is 16.5. The fourth-order valence-corrected chi connectivity index (χ4v) is 4.86. The summed E-state index contributed by atoms with van der Waals surface area (Å²) in [5, 5.41) is 0.286. The van der Waals surface area contributed by atoms with Gasteiger partial charge in [-0.1, -0.05) is 43.0 Å². The molecule has 0 unspecified atom stereocenters. The first-order valence-electron chi connectivity index (χ1n) is 12.4. The van der Waals surface area contributed by atoms with Crippen LogP contribution in [-0.2, 0) is 4.74 Å². The molecule has 3 heterocycles. The molecule has 1 fully saturated rings. The second-order valence-electron chi connectivity index (χ2n) is 9.13. The van der Waals surface area contributed by atoms with E-state index in [9.17, 15) is 14.4 Å². The quantitative estimate of drug-likeness (QED) is 0.316. The number of fused-ring (bicyclic) bond motifs is 2. The first-order valence-corrected chi connectivity index (χ1v) is 12.4. The summed E-state index contributed by atoms with van der Waals surface area (Å²) in [6.45, 7) is 3.81. The topological polar surface area (TPSA) is 95.0 Å². The van der Waals surface area contributed by atoms with Crippen molar-refractivity contribution in [3.8, 4) is 0 Å². The van der Waals surface area contributed by atoms with Crippen LogP contribution in [0, 0.1) is 6.92 Å². The summed E-state index contributed by atoms with van der Waals surface area (Å²) in [5.41, 5.74) is 2.33. The Morgan fingerprint density at radius 3 is 2.56 bits per heavy atom. The zero-order valence-corrected chi connectivity index (χ0v) is 20.4. The van der Waals surface area contributed by atoms with E-state index in [1.165, 1.54) is 10.5 Å². The van der Waals surface area contributed by atoms with Crippen LogP contribution >= 0.6 is 0 Å². The number of nitrogens with zero attached hydrogens (tertiary/aromatic N) is 4. The zero-order valence-electron chi connectivity index (χ0n) is 20.4. The summed E-state index contributed by atoms with van der Waals surface area (Å²) in [6.07, 6.45) is 6.44. The van der Waals surface area contributed by atoms with Crippen molar-refractivity contribution < 1.29 is 14.3 Å². The largest absolute Gasteiger partial charge is 0.462 e. The lowest BCUT2D eigenvalue weighted by Gasteiger charge is -2.27. The smallest absolute Gasteiger partial charge is 0.341 e. The predicted molar refractivity (Wildman–Crippen MR) is 136 cm³/mol. The molecule has 5 rings (SSSR count). The lowest BCUT2D eigenvalue weighted by molar-refractivity contribution is 0.0523. The van der Waals surface area contributed by atoms with Crippen LogP contribution in [0.25, 0.3) is 16.7 Å². The van der Waals surface area contributed by atoms with Crippen molar-refractivity contribution in [1.29, 1.82) is 0 Å². The summed E-state index contributed by atoms with van der Waals surface area (Å²) >= 11 is 0. The molecule has 1 aliphatic rings. The summed E-state index contributed by atoms with van der Waals surface area (Å²) in [4.78, 5) is 49.2. The number of rotatable bonds is 4. The summed E-state index contributed by atoms with van der Waals surface area (Å²) < 4.78 is 8.63. The number of aromatic nitrogens is 3. The Morgan fingerprint density at radius 2 is 1.83 bits per heavy atom. The Morgan fingerprint density at radius 1 is 1.08 bits per heavy atom. The molecule has 3 aromatic heterocycles. The van der Waals surface area contributed by atoms with E-state index in [1.54, 1.807) is 37.4 Å². The highest BCUT2D eigenvalue weighted by Gasteiger charge is 2.25. The van der Waals surface area contributed by atoms with E-state index in [4.69, 9.17) is 9.72 Å². The third-order valence-electron chi connectivity index (χ3n) is 6.68. The molecule has 1 aromatic carbocycles. The Hall–Kier alpha value is -4.07. The van der Waals surface area contributed by atoms with Gasteiger partial charge in [0, 0.05) is 17.8 Å². The number of carbonyl (C=O) groups is 2. The van der Waals surface area contributed by atoms with Gasteiger partial charge in [-0.3, -0.25) is 14.0 Å². The molecule has 0 saturated heterocycles. The average Bonchev–Trinajstić information content (AvgIpc) is 2.89. The maximum Gasteiger partial charge on any atom is 0.341 e. The highest BCUT2D eigenvalue weighted by molar-refractivity contribution is 5.97. The molecule has 0 N–H and O–H groups in total. The molecule has 1 aliphatic carbocycles. The number of aryl methyl sites for hydroxylation is 1. The number of benzene rings is 1. The molecule has 0 bridgehead atoms. The number of carbonyl (C=O) groups excluding carboxylic acids is 2. The molecule has 1 saturated carbocycles. The molecule has 8 nitrogen and oxygen atoms in total. The van der Waals surface area contributed by atoms with E-state index in [-0.39, 0.29) is 34.6 Å². The highest BCUT2D eigenvalue weighted by Crippen LogP contribution is 2.29. The van der Waals surface area contributed by atoms with Crippen molar-refractivity contribution in [3.63, 3.8) is 0 Å². The Kier molecular flexibility index (Phi) is 6.50. The van der Waals surface area contributed by atoms with Crippen LogP contribution in [0.15, 0.2) is 64.5 Å². The van der Waals surface area contributed by atoms with E-state index in [0.717, 1.165) is 37.7 Å². The summed E-state index contributed by atoms with van der Waals surface area (Å²) in [6, 6.07) is 13.9. The maximum absolute atomic E-state index is 13.5. The van der Waals surface area contributed by atoms with Gasteiger partial charge >= 0.3 is 5.97 Å². The molecule has 36 heavy (non-hydrogen) atoms. The minimum absolute atomic E-state index is 0.0572. The Balaban J connectivity index is 1.89. The Labute approximate surface area is 207 Å². The summed E-state index contributed by atoms with van der Waals surface area (Å²) in [7, 11) is 0. The van der Waals surface area contributed by atoms with Gasteiger partial charge in [-0.25, -0.2) is 9.78 Å². The third-order valence-corrected chi connectivity index (χ3v) is 6.68. The third kappa shape index (κ3) is 4.34. The maximum atomic E-state index is 13.5. The SMILES string of the molecule is CCOC(=O)c1cc2c(=O)n3ccccc3nc2n(C2CCCCC2)c1=NC(=O)c1ccc(C)cc1. The number of esters is 1. The van der Waals surface area contributed by atoms with Gasteiger partial charge in [0.25, 0.3) is 11.5 Å². The molecule has 0 radical (unpaired) electrons. The van der Waals surface area contributed by atoms with E-state index < -0.39 is 11.9 Å². The number of ether oxygens (including phenoxy) is 1. The Bertz CT molecular complexity index is 1590. The van der Waals surface area contributed by atoms with E-state index in [1.807, 2.05) is 29.7 Å². The van der Waals surface area contributed by atoms with Gasteiger partial charge in [-0.15, -0.1) is 0 Å². The van der Waals surface area contributed by atoms with Crippen molar-refractivity contribution in [1.82, 2.24) is 14.0 Å². The van der Waals surface area contributed by atoms with Crippen LogP contribution in [0.5, 0.6) is 0 Å². The minimum atomic E-state index is -0.628. The standard InChI is InChI=1S/C28H28N4O4/c1-3-36-28(35)22-17-21-24(29-23-11-7-8-16-31(23)27(21)34)32(20-9-5-4-6-10-20)25(22)30-26(33)19-14-12-18(2)13-15-19/h7-8,11-17,20H,3-6,9-10H2,1-2H3. The predicted octanol–water partition coefficient (Wildman–Crippen LogP) is 4.38. The van der Waals surface area contributed by atoms with Crippen LogP contribution in [0.2, 0.25) is 0 Å². The van der Waals surface area contributed by atoms with Crippen LogP contribution in [0.4, 0.5) is 0 Å². The molecule has 1 amide bonds. The lowest BCUT2D eigenvalue weighted by Crippen LogP contribution is -2.35. The van der Waals surface area contributed by atoms with Gasteiger partial charge in [-0.2, -0.15) is 4.99 Å². The van der Waals surface area contributed by atoms with Gasteiger partial charge in [-0.05, 0) is 57.0 Å². The first-order chi connectivity index (χ1) is 17.5. The number of pyridine rings is 2. The molecule has 0 spiro atoms. The second kappa shape index (κ2) is 9.89. The van der Waals surface area contributed by atoms with Crippen molar-refractivity contribution in [2.24, 2.45) is 4.99 Å². The van der Waals surface area contributed by atoms with Crippen LogP contribution in [0.3, 0.4) is 0 Å². The lowest BCUT2D eigenvalue weighted by atomic mass is 9.94. The normalized spacial score (nSPS) is 14.9. The molecular weight excluding hydrogens is 456 g/mol. The molecule has 8 heteroatoms. The zero-order chi connectivity index (χ0) is 25.2. The van der Waals surface area contributed by atoms with Gasteiger partial charge in [0.05, 0.1) is 12.0 Å². The molecule has 0 aliphatic heterocycles. The summed E-state index contributed by atoms with van der Waals surface area (Å²) in [5.74, 6) is -1.10. The van der Waals surface area contributed by atoms with Gasteiger partial charge in [0.2, 0.25) is 0 Å². The van der Waals surface area contributed by atoms with Crippen LogP contribution < -0.4 is 11.0 Å². The van der Waals surface area contributed by atoms with E-state index in [2.05, 4.69) is 4.99 Å². The van der Waals surface area contributed by atoms with Crippen molar-refractivity contribution in [2.45, 2.75) is 52.0 Å². The monoisotopic (exact) mass is 484 g/mol. The van der Waals surface area contributed by atoms with Crippen LogP contribution in [-0.4, -0.2) is 32.4 Å².